The van der Waals surface area contributed by atoms with E-state index in [1.54, 1.807) is 30.5 Å². The van der Waals surface area contributed by atoms with Crippen LogP contribution in [0.1, 0.15) is 42.9 Å². The van der Waals surface area contributed by atoms with Crippen LogP contribution in [-0.2, 0) is 16.1 Å². The maximum absolute atomic E-state index is 11.9. The number of pyridine rings is 1. The van der Waals surface area contributed by atoms with E-state index in [1.165, 1.54) is 0 Å². The Morgan fingerprint density at radius 1 is 1.09 bits per heavy atom. The van der Waals surface area contributed by atoms with Crippen LogP contribution in [0.5, 0.6) is 5.75 Å². The maximum Gasteiger partial charge on any atom is 0.307 e. The van der Waals surface area contributed by atoms with Crippen molar-refractivity contribution in [3.8, 4) is 35.0 Å². The molecule has 0 aliphatic carbocycles. The summed E-state index contributed by atoms with van der Waals surface area (Å²) in [6.07, 6.45) is 2.10. The number of fused-ring (bicyclic) bond motifs is 1. The highest BCUT2D eigenvalue weighted by atomic mass is 16.5. The zero-order valence-electron chi connectivity index (χ0n) is 19.6. The molecule has 4 rings (SSSR count). The van der Waals surface area contributed by atoms with Gasteiger partial charge in [0.1, 0.15) is 12.4 Å². The van der Waals surface area contributed by atoms with Gasteiger partial charge in [0.05, 0.1) is 30.6 Å². The third kappa shape index (κ3) is 5.85. The minimum Gasteiger partial charge on any atom is -0.489 e. The van der Waals surface area contributed by atoms with Gasteiger partial charge in [0.15, 0.2) is 11.5 Å². The van der Waals surface area contributed by atoms with Crippen LogP contribution in [0.4, 0.5) is 0 Å². The van der Waals surface area contributed by atoms with Crippen LogP contribution in [0.15, 0.2) is 66.9 Å². The molecule has 0 spiro atoms. The van der Waals surface area contributed by atoms with Gasteiger partial charge in [-0.15, -0.1) is 11.0 Å². The Hall–Kier alpha value is -4.62. The molecule has 2 aromatic heterocycles. The van der Waals surface area contributed by atoms with Gasteiger partial charge in [-0.3, -0.25) is 4.79 Å². The molecule has 174 valence electrons. The number of esters is 1. The van der Waals surface area contributed by atoms with Crippen molar-refractivity contribution in [2.45, 2.75) is 32.8 Å². The van der Waals surface area contributed by atoms with Crippen LogP contribution in [0.25, 0.3) is 17.0 Å². The van der Waals surface area contributed by atoms with Gasteiger partial charge in [-0.05, 0) is 61.9 Å². The molecule has 2 heterocycles. The van der Waals surface area contributed by atoms with Crippen LogP contribution in [0.3, 0.4) is 0 Å². The molecule has 0 amide bonds. The van der Waals surface area contributed by atoms with Gasteiger partial charge in [-0.2, -0.15) is 5.26 Å². The monoisotopic (exact) mass is 464 g/mol. The number of nitriles is 1. The van der Waals surface area contributed by atoms with Gasteiger partial charge in [-0.1, -0.05) is 24.1 Å². The molecule has 0 N–H and O–H groups in total. The number of nitrogens with zero attached hydrogens (tertiary/aromatic N) is 4. The number of aromatic nitrogens is 3. The number of ether oxygens (including phenoxy) is 2. The standard InChI is InChI=1S/C28H24N4O3/c1-3-5-24(16-27(33)34-4-2)22-11-13-25(14-12-22)35-19-21-8-15-26-30-28(31-32(26)18-21)23-9-6-20(17-29)7-10-23/h6-15,18,24H,4,16,19H2,1-2H3/t24-/m0/s1. The lowest BCUT2D eigenvalue weighted by atomic mass is 9.96. The molecule has 2 aromatic carbocycles. The van der Waals surface area contributed by atoms with E-state index < -0.39 is 0 Å². The average Bonchev–Trinajstić information content (AvgIpc) is 3.31. The van der Waals surface area contributed by atoms with E-state index >= 15 is 0 Å². The minimum atomic E-state index is -0.258. The zero-order chi connectivity index (χ0) is 24.6. The summed E-state index contributed by atoms with van der Waals surface area (Å²) >= 11 is 0. The summed E-state index contributed by atoms with van der Waals surface area (Å²) in [4.78, 5) is 16.4. The van der Waals surface area contributed by atoms with Gasteiger partial charge < -0.3 is 9.47 Å². The second-order valence-electron chi connectivity index (χ2n) is 7.78. The number of hydrogen-bond donors (Lipinski definition) is 0. The molecule has 0 saturated carbocycles. The van der Waals surface area contributed by atoms with E-state index in [4.69, 9.17) is 14.7 Å². The van der Waals surface area contributed by atoms with Gasteiger partial charge in [-0.25, -0.2) is 9.50 Å². The van der Waals surface area contributed by atoms with Crippen molar-refractivity contribution in [1.82, 2.24) is 14.6 Å². The van der Waals surface area contributed by atoms with Crippen LogP contribution in [0, 0.1) is 23.2 Å². The molecule has 1 atom stereocenters. The van der Waals surface area contributed by atoms with Crippen LogP contribution < -0.4 is 4.74 Å². The molecule has 0 bridgehead atoms. The van der Waals surface area contributed by atoms with Crippen molar-refractivity contribution in [2.75, 3.05) is 6.61 Å². The smallest absolute Gasteiger partial charge is 0.307 e. The second-order valence-corrected chi connectivity index (χ2v) is 7.78. The molecule has 0 saturated heterocycles. The largest absolute Gasteiger partial charge is 0.489 e. The van der Waals surface area contributed by atoms with Crippen molar-refractivity contribution < 1.29 is 14.3 Å². The number of rotatable bonds is 8. The molecular formula is C28H24N4O3. The first-order chi connectivity index (χ1) is 17.1. The molecule has 0 radical (unpaired) electrons. The summed E-state index contributed by atoms with van der Waals surface area (Å²) in [5.41, 5.74) is 4.05. The van der Waals surface area contributed by atoms with Crippen molar-refractivity contribution in [3.63, 3.8) is 0 Å². The molecule has 0 unspecified atom stereocenters. The normalized spacial score (nSPS) is 11.2. The highest BCUT2D eigenvalue weighted by Crippen LogP contribution is 2.23. The third-order valence-electron chi connectivity index (χ3n) is 5.35. The van der Waals surface area contributed by atoms with E-state index in [1.807, 2.05) is 54.7 Å². The number of hydrogen-bond acceptors (Lipinski definition) is 6. The summed E-state index contributed by atoms with van der Waals surface area (Å²) < 4.78 is 12.7. The van der Waals surface area contributed by atoms with E-state index in [2.05, 4.69) is 28.0 Å². The Bertz CT molecular complexity index is 1420. The Kier molecular flexibility index (Phi) is 7.40. The Morgan fingerprint density at radius 2 is 1.86 bits per heavy atom. The quantitative estimate of drug-likeness (QED) is 0.272. The average molecular weight is 465 g/mol. The van der Waals surface area contributed by atoms with Gasteiger partial charge in [0, 0.05) is 17.3 Å². The summed E-state index contributed by atoms with van der Waals surface area (Å²) in [6, 6.07) is 20.7. The van der Waals surface area contributed by atoms with Crippen LogP contribution in [0.2, 0.25) is 0 Å². The topological polar surface area (TPSA) is 89.5 Å². The van der Waals surface area contributed by atoms with E-state index in [-0.39, 0.29) is 18.3 Å². The van der Waals surface area contributed by atoms with Gasteiger partial charge in [0.2, 0.25) is 0 Å². The fourth-order valence-electron chi connectivity index (χ4n) is 3.60. The third-order valence-corrected chi connectivity index (χ3v) is 5.35. The van der Waals surface area contributed by atoms with Gasteiger partial charge in [0.25, 0.3) is 0 Å². The van der Waals surface area contributed by atoms with Crippen molar-refractivity contribution in [2.24, 2.45) is 0 Å². The van der Waals surface area contributed by atoms with Crippen molar-refractivity contribution in [3.05, 3.63) is 83.6 Å². The first kappa shape index (κ1) is 23.5. The molecule has 7 nitrogen and oxygen atoms in total. The molecule has 35 heavy (non-hydrogen) atoms. The predicted octanol–water partition coefficient (Wildman–Crippen LogP) is 4.91. The fourth-order valence-corrected chi connectivity index (χ4v) is 3.60. The minimum absolute atomic E-state index is 0.215. The van der Waals surface area contributed by atoms with Gasteiger partial charge >= 0.3 is 5.97 Å². The van der Waals surface area contributed by atoms with Crippen molar-refractivity contribution >= 4 is 11.6 Å². The van der Waals surface area contributed by atoms with Crippen LogP contribution in [-0.4, -0.2) is 27.2 Å². The molecule has 0 aliphatic rings. The Morgan fingerprint density at radius 3 is 2.54 bits per heavy atom. The van der Waals surface area contributed by atoms with E-state index in [9.17, 15) is 4.79 Å². The lowest BCUT2D eigenvalue weighted by Crippen LogP contribution is -2.09. The molecule has 0 aliphatic heterocycles. The number of carbonyl (C=O) groups is 1. The molecule has 4 aromatic rings. The fraction of sp³-hybridized carbons (Fsp3) is 0.214. The summed E-state index contributed by atoms with van der Waals surface area (Å²) in [5.74, 6) is 6.81. The van der Waals surface area contributed by atoms with Crippen LogP contribution >= 0.6 is 0 Å². The Labute approximate surface area is 204 Å². The lowest BCUT2D eigenvalue weighted by molar-refractivity contribution is -0.143. The van der Waals surface area contributed by atoms with E-state index in [0.717, 1.165) is 22.3 Å². The SMILES string of the molecule is CC#C[C@@H](CC(=O)OCC)c1ccc(OCc2ccc3nc(-c4ccc(C#N)cc4)nn3c2)cc1. The molecule has 7 heteroatoms. The highest BCUT2D eigenvalue weighted by Gasteiger charge is 2.15. The molecular weight excluding hydrogens is 440 g/mol. The predicted molar refractivity (Wildman–Crippen MR) is 131 cm³/mol. The van der Waals surface area contributed by atoms with E-state index in [0.29, 0.717) is 30.4 Å². The number of carbonyl (C=O) groups excluding carboxylic acids is 1. The molecule has 0 fully saturated rings. The summed E-state index contributed by atoms with van der Waals surface area (Å²) in [7, 11) is 0. The Balaban J connectivity index is 1.42. The second kappa shape index (κ2) is 11.0. The first-order valence-electron chi connectivity index (χ1n) is 11.3. The first-order valence-corrected chi connectivity index (χ1v) is 11.3. The van der Waals surface area contributed by atoms with Crippen molar-refractivity contribution in [1.29, 1.82) is 5.26 Å². The number of benzene rings is 2. The summed E-state index contributed by atoms with van der Waals surface area (Å²) in [5, 5.41) is 13.5. The lowest BCUT2D eigenvalue weighted by Gasteiger charge is -2.12. The summed E-state index contributed by atoms with van der Waals surface area (Å²) in [6.45, 7) is 4.27. The maximum atomic E-state index is 11.9. The zero-order valence-corrected chi connectivity index (χ0v) is 19.6. The highest BCUT2D eigenvalue weighted by molar-refractivity contribution is 5.71.